The summed E-state index contributed by atoms with van der Waals surface area (Å²) < 4.78 is 12.1. The number of carbonyl (C=O) groups excluding carboxylic acids is 1. The van der Waals surface area contributed by atoms with Crippen LogP contribution in [0.4, 0.5) is 0 Å². The van der Waals surface area contributed by atoms with Gasteiger partial charge < -0.3 is 14.0 Å². The first-order valence-corrected chi connectivity index (χ1v) is 7.39. The molecule has 0 atom stereocenters. The summed E-state index contributed by atoms with van der Waals surface area (Å²) in [4.78, 5) is 23.8. The SMILES string of the molecule is COC(=O)c1cc(Br)c(=O)n(C2CCC(OC)CC2)c1. The van der Waals surface area contributed by atoms with E-state index in [1.165, 1.54) is 13.2 Å². The van der Waals surface area contributed by atoms with E-state index in [-0.39, 0.29) is 17.7 Å². The Hall–Kier alpha value is -1.14. The van der Waals surface area contributed by atoms with Crippen LogP contribution in [0.15, 0.2) is 21.5 Å². The third-order valence-corrected chi connectivity index (χ3v) is 4.36. The van der Waals surface area contributed by atoms with Crippen molar-refractivity contribution in [3.63, 3.8) is 0 Å². The van der Waals surface area contributed by atoms with Gasteiger partial charge in [-0.15, -0.1) is 0 Å². The van der Waals surface area contributed by atoms with Crippen LogP contribution in [0.1, 0.15) is 42.1 Å². The molecule has 1 heterocycles. The molecule has 0 saturated heterocycles. The van der Waals surface area contributed by atoms with Gasteiger partial charge >= 0.3 is 5.97 Å². The Kier molecular flexibility index (Phi) is 4.99. The highest BCUT2D eigenvalue weighted by Gasteiger charge is 2.24. The minimum absolute atomic E-state index is 0.106. The van der Waals surface area contributed by atoms with Crippen molar-refractivity contribution in [2.24, 2.45) is 0 Å². The first-order valence-electron chi connectivity index (χ1n) is 6.59. The largest absolute Gasteiger partial charge is 0.465 e. The molecule has 0 aliphatic heterocycles. The molecule has 1 aromatic heterocycles. The summed E-state index contributed by atoms with van der Waals surface area (Å²) in [5.41, 5.74) is 0.270. The molecule has 1 saturated carbocycles. The molecule has 0 radical (unpaired) electrons. The minimum atomic E-state index is -0.440. The zero-order valence-corrected chi connectivity index (χ0v) is 13.2. The number of ether oxygens (including phenoxy) is 2. The van der Waals surface area contributed by atoms with E-state index >= 15 is 0 Å². The highest BCUT2D eigenvalue weighted by Crippen LogP contribution is 2.29. The Balaban J connectivity index is 2.29. The van der Waals surface area contributed by atoms with Gasteiger partial charge in [-0.05, 0) is 47.7 Å². The normalized spacial score (nSPS) is 22.6. The van der Waals surface area contributed by atoms with Crippen molar-refractivity contribution in [3.8, 4) is 0 Å². The highest BCUT2D eigenvalue weighted by molar-refractivity contribution is 9.10. The van der Waals surface area contributed by atoms with Gasteiger partial charge in [-0.2, -0.15) is 0 Å². The van der Waals surface area contributed by atoms with Crippen molar-refractivity contribution in [3.05, 3.63) is 32.7 Å². The van der Waals surface area contributed by atoms with Crippen molar-refractivity contribution >= 4 is 21.9 Å². The topological polar surface area (TPSA) is 57.5 Å². The number of aromatic nitrogens is 1. The van der Waals surface area contributed by atoms with Crippen LogP contribution in [0, 0.1) is 0 Å². The number of esters is 1. The van der Waals surface area contributed by atoms with Gasteiger partial charge in [0.1, 0.15) is 0 Å². The fraction of sp³-hybridized carbons (Fsp3) is 0.571. The lowest BCUT2D eigenvalue weighted by atomic mass is 9.92. The number of hydrogen-bond donors (Lipinski definition) is 0. The van der Waals surface area contributed by atoms with E-state index in [0.29, 0.717) is 10.0 Å². The summed E-state index contributed by atoms with van der Waals surface area (Å²) in [6.45, 7) is 0. The Labute approximate surface area is 126 Å². The molecule has 6 heteroatoms. The van der Waals surface area contributed by atoms with Crippen molar-refractivity contribution in [1.29, 1.82) is 0 Å². The maximum absolute atomic E-state index is 12.2. The molecule has 2 rings (SSSR count). The lowest BCUT2D eigenvalue weighted by Gasteiger charge is -2.29. The smallest absolute Gasteiger partial charge is 0.339 e. The second kappa shape index (κ2) is 6.54. The number of methoxy groups -OCH3 is 2. The lowest BCUT2D eigenvalue weighted by Crippen LogP contribution is -2.30. The second-order valence-corrected chi connectivity index (χ2v) is 5.80. The molecule has 110 valence electrons. The Bertz CT molecular complexity index is 547. The van der Waals surface area contributed by atoms with Crippen LogP contribution in [0.3, 0.4) is 0 Å². The summed E-state index contributed by atoms with van der Waals surface area (Å²) in [5, 5.41) is 0. The molecule has 0 unspecified atom stereocenters. The van der Waals surface area contributed by atoms with E-state index in [4.69, 9.17) is 9.47 Å². The van der Waals surface area contributed by atoms with Crippen LogP contribution in [0.25, 0.3) is 0 Å². The van der Waals surface area contributed by atoms with Gasteiger partial charge in [-0.1, -0.05) is 0 Å². The molecule has 0 N–H and O–H groups in total. The van der Waals surface area contributed by atoms with E-state index in [0.717, 1.165) is 25.7 Å². The molecule has 0 aromatic carbocycles. The van der Waals surface area contributed by atoms with Crippen LogP contribution in [0.2, 0.25) is 0 Å². The van der Waals surface area contributed by atoms with E-state index in [9.17, 15) is 9.59 Å². The molecular formula is C14H18BrNO4. The lowest BCUT2D eigenvalue weighted by molar-refractivity contribution is 0.0567. The van der Waals surface area contributed by atoms with Crippen LogP contribution in [-0.4, -0.2) is 30.9 Å². The Morgan fingerprint density at radius 2 is 1.95 bits per heavy atom. The summed E-state index contributed by atoms with van der Waals surface area (Å²) in [5.74, 6) is -0.440. The van der Waals surface area contributed by atoms with Crippen LogP contribution >= 0.6 is 15.9 Å². The predicted molar refractivity (Wildman–Crippen MR) is 78.0 cm³/mol. The molecule has 0 amide bonds. The zero-order chi connectivity index (χ0) is 14.7. The number of pyridine rings is 1. The number of rotatable bonds is 3. The summed E-state index contributed by atoms with van der Waals surface area (Å²) in [6, 6.07) is 1.61. The number of halogens is 1. The first-order chi connectivity index (χ1) is 9.56. The highest BCUT2D eigenvalue weighted by atomic mass is 79.9. The molecular weight excluding hydrogens is 326 g/mol. The maximum atomic E-state index is 12.2. The maximum Gasteiger partial charge on any atom is 0.339 e. The van der Waals surface area contributed by atoms with Crippen LogP contribution in [-0.2, 0) is 9.47 Å². The number of hydrogen-bond acceptors (Lipinski definition) is 4. The number of carbonyl (C=O) groups is 1. The predicted octanol–water partition coefficient (Wildman–Crippen LogP) is 2.53. The molecule has 0 spiro atoms. The van der Waals surface area contributed by atoms with Crippen LogP contribution in [0.5, 0.6) is 0 Å². The minimum Gasteiger partial charge on any atom is -0.465 e. The van der Waals surface area contributed by atoms with E-state index in [2.05, 4.69) is 15.9 Å². The van der Waals surface area contributed by atoms with Gasteiger partial charge in [0.15, 0.2) is 0 Å². The van der Waals surface area contributed by atoms with Gasteiger partial charge in [-0.3, -0.25) is 4.79 Å². The van der Waals surface area contributed by atoms with E-state index < -0.39 is 5.97 Å². The second-order valence-electron chi connectivity index (χ2n) is 4.95. The van der Waals surface area contributed by atoms with Gasteiger partial charge in [0, 0.05) is 19.3 Å². The molecule has 1 aliphatic rings. The molecule has 0 bridgehead atoms. The quantitative estimate of drug-likeness (QED) is 0.791. The molecule has 20 heavy (non-hydrogen) atoms. The average molecular weight is 344 g/mol. The average Bonchev–Trinajstić information content (AvgIpc) is 2.49. The standard InChI is InChI=1S/C14H18BrNO4/c1-19-11-5-3-10(4-6-11)16-8-9(14(18)20-2)7-12(15)13(16)17/h7-8,10-11H,3-6H2,1-2H3. The third-order valence-electron chi connectivity index (χ3n) is 3.79. The van der Waals surface area contributed by atoms with Crippen LogP contribution < -0.4 is 5.56 Å². The molecule has 1 aromatic rings. The summed E-state index contributed by atoms with van der Waals surface area (Å²) in [7, 11) is 3.04. The number of nitrogens with zero attached hydrogens (tertiary/aromatic N) is 1. The monoisotopic (exact) mass is 343 g/mol. The fourth-order valence-corrected chi connectivity index (χ4v) is 3.08. The van der Waals surface area contributed by atoms with Crippen molar-refractivity contribution in [2.75, 3.05) is 14.2 Å². The Morgan fingerprint density at radius 1 is 1.30 bits per heavy atom. The molecule has 1 aliphatic carbocycles. The zero-order valence-electron chi connectivity index (χ0n) is 11.6. The van der Waals surface area contributed by atoms with E-state index in [1.54, 1.807) is 17.9 Å². The van der Waals surface area contributed by atoms with Crippen molar-refractivity contribution < 1.29 is 14.3 Å². The first kappa shape index (κ1) is 15.3. The summed E-state index contributed by atoms with van der Waals surface area (Å²) >= 11 is 3.22. The Morgan fingerprint density at radius 3 is 2.50 bits per heavy atom. The fourth-order valence-electron chi connectivity index (χ4n) is 2.63. The van der Waals surface area contributed by atoms with Gasteiger partial charge in [-0.25, -0.2) is 4.79 Å². The third kappa shape index (κ3) is 3.12. The molecule has 1 fully saturated rings. The van der Waals surface area contributed by atoms with Crippen molar-refractivity contribution in [1.82, 2.24) is 4.57 Å². The van der Waals surface area contributed by atoms with Gasteiger partial charge in [0.05, 0.1) is 23.2 Å². The molecule has 5 nitrogen and oxygen atoms in total. The van der Waals surface area contributed by atoms with Gasteiger partial charge in [0.2, 0.25) is 0 Å². The van der Waals surface area contributed by atoms with Gasteiger partial charge in [0.25, 0.3) is 5.56 Å². The van der Waals surface area contributed by atoms with E-state index in [1.807, 2.05) is 0 Å². The van der Waals surface area contributed by atoms with Crippen molar-refractivity contribution in [2.45, 2.75) is 37.8 Å². The summed E-state index contributed by atoms with van der Waals surface area (Å²) in [6.07, 6.45) is 5.46.